The number of nitrogens with two attached hydrogens (primary N) is 1. The minimum Gasteiger partial charge on any atom is -0.461 e. The highest BCUT2D eigenvalue weighted by atomic mass is 79.9. The van der Waals surface area contributed by atoms with Crippen LogP contribution >= 0.6 is 15.9 Å². The van der Waals surface area contributed by atoms with E-state index in [1.807, 2.05) is 0 Å². The molecule has 0 spiro atoms. The molecule has 0 radical (unpaired) electrons. The van der Waals surface area contributed by atoms with Crippen LogP contribution in [0.5, 0.6) is 0 Å². The number of rotatable bonds is 7. The van der Waals surface area contributed by atoms with Crippen molar-refractivity contribution in [1.29, 1.82) is 0 Å². The number of hydrogen-bond donors (Lipinski definition) is 1. The molecule has 0 heterocycles. The number of carbonyl (C=O) groups excluding carboxylic acids is 1. The van der Waals surface area contributed by atoms with Crippen molar-refractivity contribution >= 4 is 21.9 Å². The molecule has 1 aromatic carbocycles. The van der Waals surface area contributed by atoms with Gasteiger partial charge in [0, 0.05) is 9.89 Å². The molecule has 2 rings (SSSR count). The Labute approximate surface area is 143 Å². The summed E-state index contributed by atoms with van der Waals surface area (Å²) in [6.07, 6.45) is 0.269. The van der Waals surface area contributed by atoms with Crippen LogP contribution < -0.4 is 5.73 Å². The minimum atomic E-state index is -1.40. The van der Waals surface area contributed by atoms with Crippen LogP contribution in [0.2, 0.25) is 0 Å². The van der Waals surface area contributed by atoms with Crippen LogP contribution in [0.15, 0.2) is 28.7 Å². The van der Waals surface area contributed by atoms with Gasteiger partial charge in [0.05, 0.1) is 19.5 Å². The van der Waals surface area contributed by atoms with Crippen molar-refractivity contribution in [1.82, 2.24) is 0 Å². The summed E-state index contributed by atoms with van der Waals surface area (Å²) in [6.45, 7) is 2.02. The molecule has 3 nitrogen and oxygen atoms in total. The summed E-state index contributed by atoms with van der Waals surface area (Å²) in [6, 6.07) is 7.04. The average Bonchev–Trinajstić information content (AvgIpc) is 3.20. The Bertz CT molecular complexity index is 560. The summed E-state index contributed by atoms with van der Waals surface area (Å²) in [5.41, 5.74) is 4.61. The first-order chi connectivity index (χ1) is 10.8. The summed E-state index contributed by atoms with van der Waals surface area (Å²) in [5, 5.41) is 0. The molecule has 1 saturated carbocycles. The van der Waals surface area contributed by atoms with Gasteiger partial charge in [0.15, 0.2) is 0 Å². The zero-order valence-corrected chi connectivity index (χ0v) is 14.9. The molecule has 1 fully saturated rings. The Morgan fingerprint density at radius 1 is 1.39 bits per heavy atom. The number of esters is 1. The first-order valence-electron chi connectivity index (χ1n) is 7.65. The summed E-state index contributed by atoms with van der Waals surface area (Å²) in [5.74, 6) is -0.820. The monoisotopic (exact) mass is 389 g/mol. The van der Waals surface area contributed by atoms with Crippen molar-refractivity contribution in [3.63, 3.8) is 0 Å². The van der Waals surface area contributed by atoms with Crippen LogP contribution in [0, 0.1) is 11.3 Å². The molecule has 0 amide bonds. The lowest BCUT2D eigenvalue weighted by atomic mass is 9.84. The van der Waals surface area contributed by atoms with E-state index < -0.39 is 30.3 Å². The van der Waals surface area contributed by atoms with Crippen molar-refractivity contribution in [3.05, 3.63) is 34.3 Å². The van der Waals surface area contributed by atoms with Gasteiger partial charge in [0.1, 0.15) is 5.54 Å². The molecule has 2 N–H and O–H groups in total. The lowest BCUT2D eigenvalue weighted by Crippen LogP contribution is -2.47. The molecule has 1 aliphatic carbocycles. The van der Waals surface area contributed by atoms with Gasteiger partial charge in [-0.1, -0.05) is 28.1 Å². The van der Waals surface area contributed by atoms with Crippen LogP contribution in [-0.2, 0) is 15.1 Å². The molecular weight excluding hydrogens is 368 g/mol. The molecule has 2 unspecified atom stereocenters. The van der Waals surface area contributed by atoms with Crippen LogP contribution in [0.1, 0.15) is 32.3 Å². The van der Waals surface area contributed by atoms with Crippen molar-refractivity contribution in [3.8, 4) is 0 Å². The molecule has 0 bridgehead atoms. The Balaban J connectivity index is 2.28. The fourth-order valence-electron chi connectivity index (χ4n) is 2.86. The standard InChI is InChI=1S/C17H22BrF2NO2/c1-11(2)23-15(22)17(21,12-3-5-14(18)6-4-12)8-13-7-16(13,9-19)10-20/h3-6,11,13H,7-10,21H2,1-2H3. The predicted octanol–water partition coefficient (Wildman–Crippen LogP) is 3.89. The number of carbonyl (C=O) groups is 1. The fourth-order valence-corrected chi connectivity index (χ4v) is 3.12. The maximum absolute atomic E-state index is 13.1. The largest absolute Gasteiger partial charge is 0.461 e. The van der Waals surface area contributed by atoms with Crippen molar-refractivity contribution in [2.75, 3.05) is 13.3 Å². The van der Waals surface area contributed by atoms with E-state index in [1.54, 1.807) is 38.1 Å². The highest BCUT2D eigenvalue weighted by Gasteiger charge is 2.58. The number of ether oxygens (including phenoxy) is 1. The minimum absolute atomic E-state index is 0.175. The fraction of sp³-hybridized carbons (Fsp3) is 0.588. The molecule has 6 heteroatoms. The Hall–Kier alpha value is -1.01. The quantitative estimate of drug-likeness (QED) is 0.719. The topological polar surface area (TPSA) is 52.3 Å². The van der Waals surface area contributed by atoms with Gasteiger partial charge in [-0.05, 0) is 50.3 Å². The van der Waals surface area contributed by atoms with E-state index in [4.69, 9.17) is 10.5 Å². The van der Waals surface area contributed by atoms with Crippen molar-refractivity contribution < 1.29 is 18.3 Å². The second kappa shape index (κ2) is 6.85. The van der Waals surface area contributed by atoms with Crippen molar-refractivity contribution in [2.24, 2.45) is 17.1 Å². The van der Waals surface area contributed by atoms with Gasteiger partial charge in [-0.15, -0.1) is 0 Å². The molecule has 1 aromatic rings. The summed E-state index contributed by atoms with van der Waals surface area (Å²) in [7, 11) is 0. The third kappa shape index (κ3) is 3.74. The molecule has 128 valence electrons. The highest BCUT2D eigenvalue weighted by molar-refractivity contribution is 9.10. The highest BCUT2D eigenvalue weighted by Crippen LogP contribution is 2.57. The zero-order valence-electron chi connectivity index (χ0n) is 13.3. The van der Waals surface area contributed by atoms with Crippen molar-refractivity contribution in [2.45, 2.75) is 38.3 Å². The number of benzene rings is 1. The molecule has 0 aliphatic heterocycles. The van der Waals surface area contributed by atoms with Crippen LogP contribution in [0.4, 0.5) is 8.78 Å². The summed E-state index contributed by atoms with van der Waals surface area (Å²) < 4.78 is 32.4. The normalized spacial score (nSPS) is 21.8. The van der Waals surface area contributed by atoms with Gasteiger partial charge in [-0.3, -0.25) is 8.78 Å². The summed E-state index contributed by atoms with van der Waals surface area (Å²) >= 11 is 3.34. The van der Waals surface area contributed by atoms with E-state index in [2.05, 4.69) is 15.9 Å². The van der Waals surface area contributed by atoms with Crippen LogP contribution in [-0.4, -0.2) is 25.4 Å². The Morgan fingerprint density at radius 2 is 1.96 bits per heavy atom. The molecule has 0 saturated heterocycles. The van der Waals surface area contributed by atoms with E-state index >= 15 is 0 Å². The van der Waals surface area contributed by atoms with Gasteiger partial charge in [-0.2, -0.15) is 0 Å². The third-order valence-electron chi connectivity index (χ3n) is 4.53. The molecular formula is C17H22BrF2NO2. The van der Waals surface area contributed by atoms with Gasteiger partial charge in [0.2, 0.25) is 0 Å². The second-order valence-corrected chi connectivity index (χ2v) is 7.58. The lowest BCUT2D eigenvalue weighted by Gasteiger charge is -2.29. The number of halogens is 3. The maximum atomic E-state index is 13.1. The SMILES string of the molecule is CC(C)OC(=O)C(N)(CC1CC1(CF)CF)c1ccc(Br)cc1. The Morgan fingerprint density at radius 3 is 2.39 bits per heavy atom. The van der Waals surface area contributed by atoms with E-state index in [9.17, 15) is 13.6 Å². The van der Waals surface area contributed by atoms with E-state index in [0.29, 0.717) is 12.0 Å². The van der Waals surface area contributed by atoms with Gasteiger partial charge in [0.25, 0.3) is 0 Å². The van der Waals surface area contributed by atoms with Gasteiger partial charge >= 0.3 is 5.97 Å². The van der Waals surface area contributed by atoms with Crippen LogP contribution in [0.25, 0.3) is 0 Å². The average molecular weight is 390 g/mol. The molecule has 2 atom stereocenters. The zero-order chi connectivity index (χ0) is 17.3. The lowest BCUT2D eigenvalue weighted by molar-refractivity contribution is -0.155. The Kier molecular flexibility index (Phi) is 5.46. The van der Waals surface area contributed by atoms with E-state index in [-0.39, 0.29) is 18.4 Å². The summed E-state index contributed by atoms with van der Waals surface area (Å²) in [4.78, 5) is 12.6. The van der Waals surface area contributed by atoms with E-state index in [1.165, 1.54) is 0 Å². The smallest absolute Gasteiger partial charge is 0.331 e. The first kappa shape index (κ1) is 18.3. The van der Waals surface area contributed by atoms with Gasteiger partial charge in [-0.25, -0.2) is 4.79 Å². The predicted molar refractivity (Wildman–Crippen MR) is 88.3 cm³/mol. The maximum Gasteiger partial charge on any atom is 0.331 e. The number of hydrogen-bond acceptors (Lipinski definition) is 3. The van der Waals surface area contributed by atoms with E-state index in [0.717, 1.165) is 4.47 Å². The molecule has 1 aliphatic rings. The number of alkyl halides is 2. The second-order valence-electron chi connectivity index (χ2n) is 6.67. The first-order valence-corrected chi connectivity index (χ1v) is 8.44. The van der Waals surface area contributed by atoms with Crippen LogP contribution in [0.3, 0.4) is 0 Å². The molecule has 0 aromatic heterocycles. The van der Waals surface area contributed by atoms with Gasteiger partial charge < -0.3 is 10.5 Å². The third-order valence-corrected chi connectivity index (χ3v) is 5.05. The molecule has 23 heavy (non-hydrogen) atoms.